The lowest BCUT2D eigenvalue weighted by atomic mass is 10.0. The molecule has 2 aliphatic heterocycles. The smallest absolute Gasteiger partial charge is 0.356 e. The Balaban J connectivity index is 1.16. The predicted molar refractivity (Wildman–Crippen MR) is 195 cm³/mol. The maximum absolute atomic E-state index is 14.3. The molecule has 1 saturated heterocycles. The van der Waals surface area contributed by atoms with Crippen LogP contribution in [0.5, 0.6) is 0 Å². The third kappa shape index (κ3) is 7.60. The first-order valence-electron chi connectivity index (χ1n) is 16.4. The predicted octanol–water partition coefficient (Wildman–Crippen LogP) is 2.26. The first-order chi connectivity index (χ1) is 26.2. The standard InChI is InChI=1S/C36H30N8O8S2/c1-43-36(40-41-42-43)54-19-23-18-53-32-26(39-30(46)29(22-15-9-4-10-16-22)52-33(48)24-17-25(45)38-35(50)37-24)31(47)44(32)27(23)34(49)51-28(20-11-5-2-6-12-20)21-13-7-3-8-14-21/h2-17,26,28-29,32H,18-19H2,1H3,(H,39,46)(H2,37,38,45,50)/t26-,29?,32+/m1/s1. The summed E-state index contributed by atoms with van der Waals surface area (Å²) in [6.07, 6.45) is -2.36. The van der Waals surface area contributed by atoms with Crippen LogP contribution in [-0.2, 0) is 30.9 Å². The second kappa shape index (κ2) is 15.8. The summed E-state index contributed by atoms with van der Waals surface area (Å²) in [5, 5.41) is 14.0. The number of hydrogen-bond donors (Lipinski definition) is 3. The number of hydrogen-bond acceptors (Lipinski definition) is 13. The number of β-lactam (4-membered cyclic amide) rings is 1. The van der Waals surface area contributed by atoms with Crippen molar-refractivity contribution in [2.24, 2.45) is 7.05 Å². The van der Waals surface area contributed by atoms with E-state index in [4.69, 9.17) is 9.47 Å². The average Bonchev–Trinajstić information content (AvgIpc) is 3.61. The third-order valence-electron chi connectivity index (χ3n) is 8.47. The quantitative estimate of drug-likeness (QED) is 0.0947. The third-order valence-corrected chi connectivity index (χ3v) is 10.9. The van der Waals surface area contributed by atoms with Gasteiger partial charge >= 0.3 is 17.6 Å². The maximum Gasteiger partial charge on any atom is 0.356 e. The molecule has 0 spiro atoms. The highest BCUT2D eigenvalue weighted by Crippen LogP contribution is 2.43. The van der Waals surface area contributed by atoms with Gasteiger partial charge in [0.15, 0.2) is 6.10 Å². The van der Waals surface area contributed by atoms with Crippen LogP contribution in [0.25, 0.3) is 0 Å². The molecule has 7 rings (SSSR count). The van der Waals surface area contributed by atoms with E-state index in [1.807, 2.05) is 65.6 Å². The largest absolute Gasteiger partial charge is 0.448 e. The summed E-state index contributed by atoms with van der Waals surface area (Å²) in [7, 11) is 1.69. The summed E-state index contributed by atoms with van der Waals surface area (Å²) < 4.78 is 13.2. The summed E-state index contributed by atoms with van der Waals surface area (Å²) in [5.74, 6) is -2.73. The van der Waals surface area contributed by atoms with Gasteiger partial charge in [0.05, 0.1) is 0 Å². The Morgan fingerprint density at radius 1 is 0.889 bits per heavy atom. The lowest BCUT2D eigenvalue weighted by molar-refractivity contribution is -0.155. The van der Waals surface area contributed by atoms with E-state index in [2.05, 4.69) is 25.8 Å². The Morgan fingerprint density at radius 3 is 2.11 bits per heavy atom. The van der Waals surface area contributed by atoms with Gasteiger partial charge in [0.1, 0.15) is 22.8 Å². The fourth-order valence-corrected chi connectivity index (χ4v) is 8.24. The molecule has 16 nitrogen and oxygen atoms in total. The van der Waals surface area contributed by atoms with Crippen LogP contribution >= 0.6 is 23.5 Å². The van der Waals surface area contributed by atoms with E-state index < -0.39 is 64.3 Å². The molecule has 3 atom stereocenters. The number of nitrogens with zero attached hydrogens (tertiary/aromatic N) is 5. The summed E-state index contributed by atoms with van der Waals surface area (Å²) in [6, 6.07) is 26.2. The Labute approximate surface area is 314 Å². The first kappa shape index (κ1) is 36.1. The number of benzene rings is 3. The second-order valence-corrected chi connectivity index (χ2v) is 14.1. The van der Waals surface area contributed by atoms with E-state index >= 15 is 0 Å². The molecule has 0 aliphatic carbocycles. The topological polar surface area (TPSA) is 211 Å². The minimum atomic E-state index is -1.57. The van der Waals surface area contributed by atoms with Gasteiger partial charge in [-0.15, -0.1) is 16.9 Å². The van der Waals surface area contributed by atoms with Crippen molar-refractivity contribution < 1.29 is 28.7 Å². The molecule has 54 heavy (non-hydrogen) atoms. The Kier molecular flexibility index (Phi) is 10.5. The lowest BCUT2D eigenvalue weighted by Crippen LogP contribution is -2.71. The number of aryl methyl sites for hydroxylation is 1. The summed E-state index contributed by atoms with van der Waals surface area (Å²) in [5.41, 5.74) is 0.145. The zero-order chi connectivity index (χ0) is 37.8. The monoisotopic (exact) mass is 766 g/mol. The highest BCUT2D eigenvalue weighted by atomic mass is 32.2. The highest BCUT2D eigenvalue weighted by Gasteiger charge is 2.55. The number of tetrazole rings is 1. The number of thioether (sulfide) groups is 2. The minimum Gasteiger partial charge on any atom is -0.448 e. The van der Waals surface area contributed by atoms with Gasteiger partial charge in [0, 0.05) is 30.2 Å². The molecule has 1 fully saturated rings. The van der Waals surface area contributed by atoms with E-state index in [1.165, 1.54) is 33.1 Å². The molecule has 4 heterocycles. The van der Waals surface area contributed by atoms with Crippen LogP contribution in [0.3, 0.4) is 0 Å². The SMILES string of the molecule is Cn1nnnc1SCC1=C(C(=O)OC(c2ccccc2)c2ccccc2)N2C(=O)[C@@H](NC(=O)C(OC(=O)c3cc(=O)[nH]c(=O)[nH]3)c3ccccc3)[C@@H]2SC1. The second-order valence-electron chi connectivity index (χ2n) is 12.0. The molecule has 0 saturated carbocycles. The van der Waals surface area contributed by atoms with E-state index in [-0.39, 0.29) is 17.0 Å². The van der Waals surface area contributed by atoms with Gasteiger partial charge in [-0.3, -0.25) is 24.3 Å². The number of aromatic nitrogens is 6. The van der Waals surface area contributed by atoms with Crippen molar-refractivity contribution in [3.63, 3.8) is 0 Å². The number of rotatable bonds is 12. The fourth-order valence-electron chi connectivity index (χ4n) is 5.90. The van der Waals surface area contributed by atoms with Crippen molar-refractivity contribution in [1.82, 2.24) is 40.4 Å². The van der Waals surface area contributed by atoms with Gasteiger partial charge in [-0.05, 0) is 27.1 Å². The molecule has 0 radical (unpaired) electrons. The van der Waals surface area contributed by atoms with Crippen molar-refractivity contribution in [2.75, 3.05) is 11.5 Å². The summed E-state index contributed by atoms with van der Waals surface area (Å²) in [4.78, 5) is 84.3. The fraction of sp³-hybridized carbons (Fsp3) is 0.194. The molecular formula is C36H30N8O8S2. The number of fused-ring (bicyclic) bond motifs is 1. The van der Waals surface area contributed by atoms with Crippen molar-refractivity contribution >= 4 is 47.3 Å². The first-order valence-corrected chi connectivity index (χ1v) is 18.4. The number of nitrogens with one attached hydrogen (secondary N) is 3. The van der Waals surface area contributed by atoms with E-state index in [0.717, 1.165) is 17.2 Å². The van der Waals surface area contributed by atoms with Crippen molar-refractivity contribution in [2.45, 2.75) is 28.8 Å². The molecule has 5 aromatic rings. The van der Waals surface area contributed by atoms with Gasteiger partial charge in [-0.1, -0.05) is 103 Å². The zero-order valence-corrected chi connectivity index (χ0v) is 29.9. The Hall–Kier alpha value is -6.27. The molecule has 2 aromatic heterocycles. The minimum absolute atomic E-state index is 0.0537. The van der Waals surface area contributed by atoms with Crippen molar-refractivity contribution in [1.29, 1.82) is 0 Å². The molecule has 0 bridgehead atoms. The van der Waals surface area contributed by atoms with Crippen molar-refractivity contribution in [3.8, 4) is 0 Å². The van der Waals surface area contributed by atoms with Gasteiger partial charge < -0.3 is 19.8 Å². The van der Waals surface area contributed by atoms with Crippen LogP contribution in [0.2, 0.25) is 0 Å². The summed E-state index contributed by atoms with van der Waals surface area (Å²) in [6.45, 7) is 0. The van der Waals surface area contributed by atoms with Gasteiger partial charge in [-0.2, -0.15) is 0 Å². The molecule has 3 N–H and O–H groups in total. The van der Waals surface area contributed by atoms with E-state index in [1.54, 1.807) is 37.4 Å². The highest BCUT2D eigenvalue weighted by molar-refractivity contribution is 8.01. The zero-order valence-electron chi connectivity index (χ0n) is 28.3. The van der Waals surface area contributed by atoms with Crippen LogP contribution in [0.15, 0.2) is 123 Å². The molecule has 2 amide bonds. The van der Waals surface area contributed by atoms with E-state index in [9.17, 15) is 28.8 Å². The number of ether oxygens (including phenoxy) is 2. The molecule has 18 heteroatoms. The van der Waals surface area contributed by atoms with Gasteiger partial charge in [0.2, 0.25) is 11.3 Å². The van der Waals surface area contributed by atoms with Crippen LogP contribution < -0.4 is 16.6 Å². The molecule has 1 unspecified atom stereocenters. The average molecular weight is 767 g/mol. The molecule has 3 aromatic carbocycles. The molecule has 2 aliphatic rings. The number of carbonyl (C=O) groups excluding carboxylic acids is 4. The molecular weight excluding hydrogens is 737 g/mol. The maximum atomic E-state index is 14.3. The number of carbonyl (C=O) groups is 4. The van der Waals surface area contributed by atoms with Gasteiger partial charge in [0.25, 0.3) is 17.4 Å². The summed E-state index contributed by atoms with van der Waals surface area (Å²) >= 11 is 2.63. The van der Waals surface area contributed by atoms with Crippen LogP contribution in [0.4, 0.5) is 0 Å². The lowest BCUT2D eigenvalue weighted by Gasteiger charge is -2.50. The molecule has 274 valence electrons. The number of esters is 2. The Morgan fingerprint density at radius 2 is 1.52 bits per heavy atom. The van der Waals surface area contributed by atoms with Crippen molar-refractivity contribution in [3.05, 3.63) is 152 Å². The van der Waals surface area contributed by atoms with Crippen LogP contribution in [-0.4, -0.2) is 81.7 Å². The number of aromatic amines is 2. The van der Waals surface area contributed by atoms with Crippen LogP contribution in [0.1, 0.15) is 39.4 Å². The number of amides is 2. The Bertz CT molecular complexity index is 2280. The van der Waals surface area contributed by atoms with E-state index in [0.29, 0.717) is 16.5 Å². The number of H-pyrrole nitrogens is 2. The van der Waals surface area contributed by atoms with Crippen LogP contribution in [0, 0.1) is 0 Å². The normalized spacial score (nSPS) is 17.0. The van der Waals surface area contributed by atoms with Gasteiger partial charge in [-0.25, -0.2) is 19.1 Å².